The fraction of sp³-hybridized carbons (Fsp3) is 0.750. The molecule has 1 aromatic rings. The van der Waals surface area contributed by atoms with E-state index in [-0.39, 0.29) is 0 Å². The lowest BCUT2D eigenvalue weighted by Gasteiger charge is -2.33. The maximum Gasteiger partial charge on any atom is 0.0959 e. The average Bonchev–Trinajstić information content (AvgIpc) is 2.66. The van der Waals surface area contributed by atoms with E-state index in [4.69, 9.17) is 5.73 Å². The van der Waals surface area contributed by atoms with E-state index in [1.54, 1.807) is 11.3 Å². The third-order valence-electron chi connectivity index (χ3n) is 3.46. The van der Waals surface area contributed by atoms with Gasteiger partial charge in [-0.2, -0.15) is 0 Å². The fourth-order valence-corrected chi connectivity index (χ4v) is 3.22. The van der Waals surface area contributed by atoms with E-state index in [0.717, 1.165) is 0 Å². The van der Waals surface area contributed by atoms with Gasteiger partial charge in [0.05, 0.1) is 5.01 Å². The molecule has 84 valence electrons. The molecule has 0 bridgehead atoms. The van der Waals surface area contributed by atoms with Gasteiger partial charge in [0.1, 0.15) is 0 Å². The van der Waals surface area contributed by atoms with E-state index in [9.17, 15) is 0 Å². The smallest absolute Gasteiger partial charge is 0.0959 e. The van der Waals surface area contributed by atoms with Gasteiger partial charge in [-0.25, -0.2) is 4.98 Å². The zero-order valence-corrected chi connectivity index (χ0v) is 10.4. The van der Waals surface area contributed by atoms with Crippen LogP contribution in [-0.4, -0.2) is 4.98 Å². The second-order valence-electron chi connectivity index (χ2n) is 5.31. The molecule has 0 saturated heterocycles. The zero-order valence-electron chi connectivity index (χ0n) is 9.62. The van der Waals surface area contributed by atoms with Gasteiger partial charge in [-0.1, -0.05) is 13.8 Å². The SMILES string of the molecule is CC1(C)CCC(c2ncc(CN)s2)CC1. The van der Waals surface area contributed by atoms with Crippen LogP contribution < -0.4 is 5.73 Å². The van der Waals surface area contributed by atoms with Crippen molar-refractivity contribution in [2.24, 2.45) is 11.1 Å². The van der Waals surface area contributed by atoms with Gasteiger partial charge >= 0.3 is 0 Å². The average molecular weight is 224 g/mol. The van der Waals surface area contributed by atoms with Crippen LogP contribution >= 0.6 is 11.3 Å². The Morgan fingerprint density at radius 2 is 2.13 bits per heavy atom. The summed E-state index contributed by atoms with van der Waals surface area (Å²) in [5, 5.41) is 1.31. The second kappa shape index (κ2) is 4.22. The Hall–Kier alpha value is -0.410. The largest absolute Gasteiger partial charge is 0.326 e. The Kier molecular flexibility index (Phi) is 3.12. The van der Waals surface area contributed by atoms with E-state index in [1.807, 2.05) is 6.20 Å². The minimum atomic E-state index is 0.546. The highest BCUT2D eigenvalue weighted by Gasteiger charge is 2.28. The molecule has 2 N–H and O–H groups in total. The number of rotatable bonds is 2. The van der Waals surface area contributed by atoms with Crippen LogP contribution in [0.2, 0.25) is 0 Å². The first kappa shape index (κ1) is 11.1. The lowest BCUT2D eigenvalue weighted by molar-refractivity contribution is 0.224. The third-order valence-corrected chi connectivity index (χ3v) is 4.64. The molecular weight excluding hydrogens is 204 g/mol. The van der Waals surface area contributed by atoms with Crippen LogP contribution in [0.1, 0.15) is 55.3 Å². The summed E-state index contributed by atoms with van der Waals surface area (Å²) in [7, 11) is 0. The number of nitrogens with zero attached hydrogens (tertiary/aromatic N) is 1. The van der Waals surface area contributed by atoms with Crippen molar-refractivity contribution >= 4 is 11.3 Å². The molecule has 1 aliphatic rings. The summed E-state index contributed by atoms with van der Waals surface area (Å²) in [5.74, 6) is 0.698. The van der Waals surface area contributed by atoms with Gasteiger partial charge < -0.3 is 5.73 Å². The van der Waals surface area contributed by atoms with Crippen LogP contribution in [0.4, 0.5) is 0 Å². The van der Waals surface area contributed by atoms with Crippen LogP contribution in [0.5, 0.6) is 0 Å². The van der Waals surface area contributed by atoms with Crippen molar-refractivity contribution in [2.75, 3.05) is 0 Å². The second-order valence-corrected chi connectivity index (χ2v) is 6.45. The summed E-state index contributed by atoms with van der Waals surface area (Å²) >= 11 is 1.80. The van der Waals surface area contributed by atoms with E-state index in [2.05, 4.69) is 18.8 Å². The molecule has 0 aliphatic heterocycles. The minimum Gasteiger partial charge on any atom is -0.326 e. The Morgan fingerprint density at radius 3 is 2.67 bits per heavy atom. The normalized spacial score (nSPS) is 21.8. The van der Waals surface area contributed by atoms with Crippen molar-refractivity contribution in [2.45, 2.75) is 52.0 Å². The van der Waals surface area contributed by atoms with Crippen molar-refractivity contribution in [3.63, 3.8) is 0 Å². The number of nitrogens with two attached hydrogens (primary N) is 1. The van der Waals surface area contributed by atoms with Crippen LogP contribution in [0, 0.1) is 5.41 Å². The molecule has 1 heterocycles. The van der Waals surface area contributed by atoms with E-state index >= 15 is 0 Å². The molecular formula is C12H20N2S. The van der Waals surface area contributed by atoms with Crippen molar-refractivity contribution < 1.29 is 0 Å². The molecule has 0 spiro atoms. The fourth-order valence-electron chi connectivity index (χ4n) is 2.25. The maximum atomic E-state index is 5.61. The predicted octanol–water partition coefficient (Wildman–Crippen LogP) is 3.29. The number of hydrogen-bond acceptors (Lipinski definition) is 3. The molecule has 0 radical (unpaired) electrons. The predicted molar refractivity (Wildman–Crippen MR) is 65.0 cm³/mol. The first-order valence-corrected chi connectivity index (χ1v) is 6.57. The van der Waals surface area contributed by atoms with Crippen molar-refractivity contribution in [1.82, 2.24) is 4.98 Å². The Balaban J connectivity index is 2.01. The standard InChI is InChI=1S/C12H20N2S/c1-12(2)5-3-9(4-6-12)11-14-8-10(7-13)15-11/h8-9H,3-7,13H2,1-2H3. The highest BCUT2D eigenvalue weighted by atomic mass is 32.1. The first-order valence-electron chi connectivity index (χ1n) is 5.75. The molecule has 0 unspecified atom stereocenters. The Labute approximate surface area is 95.9 Å². The lowest BCUT2D eigenvalue weighted by Crippen LogP contribution is -2.20. The summed E-state index contributed by atoms with van der Waals surface area (Å²) in [6, 6.07) is 0. The first-order chi connectivity index (χ1) is 7.11. The van der Waals surface area contributed by atoms with E-state index < -0.39 is 0 Å². The van der Waals surface area contributed by atoms with Gasteiger partial charge in [-0.05, 0) is 31.1 Å². The minimum absolute atomic E-state index is 0.546. The van der Waals surface area contributed by atoms with Gasteiger partial charge in [0.2, 0.25) is 0 Å². The molecule has 1 aliphatic carbocycles. The number of hydrogen-bond donors (Lipinski definition) is 1. The highest BCUT2D eigenvalue weighted by molar-refractivity contribution is 7.11. The van der Waals surface area contributed by atoms with Crippen molar-refractivity contribution in [1.29, 1.82) is 0 Å². The highest BCUT2D eigenvalue weighted by Crippen LogP contribution is 2.43. The van der Waals surface area contributed by atoms with Crippen LogP contribution in [0.15, 0.2) is 6.20 Å². The monoisotopic (exact) mass is 224 g/mol. The van der Waals surface area contributed by atoms with Gasteiger partial charge in [-0.15, -0.1) is 11.3 Å². The zero-order chi connectivity index (χ0) is 10.9. The van der Waals surface area contributed by atoms with E-state index in [1.165, 1.54) is 35.6 Å². The molecule has 1 aromatic heterocycles. The van der Waals surface area contributed by atoms with Crippen molar-refractivity contribution in [3.8, 4) is 0 Å². The molecule has 15 heavy (non-hydrogen) atoms. The molecule has 0 atom stereocenters. The van der Waals surface area contributed by atoms with Crippen LogP contribution in [0.3, 0.4) is 0 Å². The van der Waals surface area contributed by atoms with Crippen LogP contribution in [0.25, 0.3) is 0 Å². The summed E-state index contributed by atoms with van der Waals surface area (Å²) in [4.78, 5) is 5.71. The molecule has 2 rings (SSSR count). The van der Waals surface area contributed by atoms with Crippen molar-refractivity contribution in [3.05, 3.63) is 16.1 Å². The Morgan fingerprint density at radius 1 is 1.47 bits per heavy atom. The quantitative estimate of drug-likeness (QED) is 0.837. The maximum absolute atomic E-state index is 5.61. The summed E-state index contributed by atoms with van der Waals surface area (Å²) in [6.07, 6.45) is 7.19. The summed E-state index contributed by atoms with van der Waals surface area (Å²) in [6.45, 7) is 5.38. The van der Waals surface area contributed by atoms with E-state index in [0.29, 0.717) is 17.9 Å². The van der Waals surface area contributed by atoms with Crippen LogP contribution in [-0.2, 0) is 6.54 Å². The molecule has 0 aromatic carbocycles. The lowest BCUT2D eigenvalue weighted by atomic mass is 9.73. The Bertz CT molecular complexity index is 320. The molecule has 2 nitrogen and oxygen atoms in total. The summed E-state index contributed by atoms with van der Waals surface area (Å²) < 4.78 is 0. The van der Waals surface area contributed by atoms with Gasteiger partial charge in [0.25, 0.3) is 0 Å². The topological polar surface area (TPSA) is 38.9 Å². The van der Waals surface area contributed by atoms with Gasteiger partial charge in [0.15, 0.2) is 0 Å². The molecule has 1 fully saturated rings. The summed E-state index contributed by atoms with van der Waals surface area (Å²) in [5.41, 5.74) is 6.15. The number of thiazole rings is 1. The number of aromatic nitrogens is 1. The third kappa shape index (κ3) is 2.58. The van der Waals surface area contributed by atoms with Gasteiger partial charge in [-0.3, -0.25) is 0 Å². The molecule has 0 amide bonds. The molecule has 3 heteroatoms. The molecule has 1 saturated carbocycles. The van der Waals surface area contributed by atoms with Gasteiger partial charge in [0, 0.05) is 23.5 Å².